The first-order valence-electron chi connectivity index (χ1n) is 4.63. The number of carbonyl (C=O) groups excluding carboxylic acids is 1. The van der Waals surface area contributed by atoms with Crippen LogP contribution < -0.4 is 5.32 Å². The number of alkyl carbamates (subject to hydrolysis) is 1. The number of hydrogen-bond acceptors (Lipinski definition) is 3. The Bertz CT molecular complexity index is 184. The van der Waals surface area contributed by atoms with Crippen LogP contribution in [0.3, 0.4) is 0 Å². The fourth-order valence-corrected chi connectivity index (χ4v) is 1.58. The molecule has 0 aromatic carbocycles. The molecule has 0 aromatic heterocycles. The molecule has 0 radical (unpaired) electrons. The Balaban J connectivity index is 2.38. The molecule has 4 nitrogen and oxygen atoms in total. The molecule has 0 spiro atoms. The van der Waals surface area contributed by atoms with Crippen molar-refractivity contribution in [3.63, 3.8) is 0 Å². The highest BCUT2D eigenvalue weighted by atomic mass is 16.5. The van der Waals surface area contributed by atoms with Crippen molar-refractivity contribution in [3.8, 4) is 0 Å². The zero-order chi connectivity index (χ0) is 9.84. The number of nitrogens with one attached hydrogen (secondary N) is 1. The lowest BCUT2D eigenvalue weighted by molar-refractivity contribution is -0.0483. The monoisotopic (exact) mass is 187 g/mol. The summed E-state index contributed by atoms with van der Waals surface area (Å²) in [7, 11) is 1.37. The molecule has 1 N–H and O–H groups in total. The second-order valence-corrected chi connectivity index (χ2v) is 3.47. The molecule has 1 saturated heterocycles. The smallest absolute Gasteiger partial charge is 0.407 e. The van der Waals surface area contributed by atoms with E-state index in [-0.39, 0.29) is 18.2 Å². The van der Waals surface area contributed by atoms with Crippen molar-refractivity contribution in [1.29, 1.82) is 0 Å². The van der Waals surface area contributed by atoms with Crippen molar-refractivity contribution in [3.05, 3.63) is 0 Å². The molecule has 0 aromatic rings. The number of hydrogen-bond donors (Lipinski definition) is 1. The Kier molecular flexibility index (Phi) is 3.54. The van der Waals surface area contributed by atoms with Crippen molar-refractivity contribution < 1.29 is 14.3 Å². The van der Waals surface area contributed by atoms with Crippen LogP contribution in [0.2, 0.25) is 0 Å². The summed E-state index contributed by atoms with van der Waals surface area (Å²) in [6.07, 6.45) is 1.93. The van der Waals surface area contributed by atoms with Crippen LogP contribution in [0, 0.1) is 0 Å². The lowest BCUT2D eigenvalue weighted by Crippen LogP contribution is -2.47. The summed E-state index contributed by atoms with van der Waals surface area (Å²) in [6, 6.07) is 0.0867. The van der Waals surface area contributed by atoms with Gasteiger partial charge in [-0.15, -0.1) is 0 Å². The first kappa shape index (κ1) is 10.3. The summed E-state index contributed by atoms with van der Waals surface area (Å²) in [6.45, 7) is 4.02. The standard InChI is InChI=1S/C9H17NO3/c1-6-4-5-8(7(2)13-6)10-9(11)12-3/h6-8H,4-5H2,1-3H3,(H,10,11). The number of carbonyl (C=O) groups is 1. The summed E-state index contributed by atoms with van der Waals surface area (Å²) in [5, 5.41) is 2.75. The van der Waals surface area contributed by atoms with Crippen molar-refractivity contribution in [2.45, 2.75) is 44.9 Å². The molecule has 0 aliphatic carbocycles. The van der Waals surface area contributed by atoms with Gasteiger partial charge < -0.3 is 14.8 Å². The van der Waals surface area contributed by atoms with E-state index in [1.54, 1.807) is 0 Å². The van der Waals surface area contributed by atoms with Crippen LogP contribution in [0.4, 0.5) is 4.79 Å². The summed E-state index contributed by atoms with van der Waals surface area (Å²) >= 11 is 0. The van der Waals surface area contributed by atoms with Crippen molar-refractivity contribution in [2.75, 3.05) is 7.11 Å². The molecule has 0 saturated carbocycles. The quantitative estimate of drug-likeness (QED) is 0.673. The van der Waals surface area contributed by atoms with Gasteiger partial charge in [0.2, 0.25) is 0 Å². The predicted octanol–water partition coefficient (Wildman–Crippen LogP) is 1.30. The zero-order valence-electron chi connectivity index (χ0n) is 8.37. The van der Waals surface area contributed by atoms with Crippen LogP contribution in [-0.2, 0) is 9.47 Å². The molecule has 0 bridgehead atoms. The normalized spacial score (nSPS) is 33.9. The number of amides is 1. The average Bonchev–Trinajstić information content (AvgIpc) is 2.09. The van der Waals surface area contributed by atoms with Gasteiger partial charge in [0.15, 0.2) is 0 Å². The van der Waals surface area contributed by atoms with Crippen LogP contribution in [-0.4, -0.2) is 31.5 Å². The van der Waals surface area contributed by atoms with Gasteiger partial charge in [-0.3, -0.25) is 0 Å². The minimum Gasteiger partial charge on any atom is -0.453 e. The average molecular weight is 187 g/mol. The third-order valence-corrected chi connectivity index (χ3v) is 2.39. The lowest BCUT2D eigenvalue weighted by atomic mass is 10.0. The molecule has 3 atom stereocenters. The molecule has 1 amide bonds. The maximum Gasteiger partial charge on any atom is 0.407 e. The first-order chi connectivity index (χ1) is 6.13. The second kappa shape index (κ2) is 4.46. The highest BCUT2D eigenvalue weighted by Crippen LogP contribution is 2.18. The maximum atomic E-state index is 10.9. The zero-order valence-corrected chi connectivity index (χ0v) is 8.37. The van der Waals surface area contributed by atoms with E-state index in [2.05, 4.69) is 10.1 Å². The van der Waals surface area contributed by atoms with Gasteiger partial charge in [0.25, 0.3) is 0 Å². The second-order valence-electron chi connectivity index (χ2n) is 3.47. The molecule has 1 aliphatic rings. The van der Waals surface area contributed by atoms with Gasteiger partial charge in [-0.1, -0.05) is 0 Å². The van der Waals surface area contributed by atoms with E-state index in [9.17, 15) is 4.79 Å². The van der Waals surface area contributed by atoms with Crippen LogP contribution >= 0.6 is 0 Å². The minimum absolute atomic E-state index is 0.0721. The van der Waals surface area contributed by atoms with Gasteiger partial charge >= 0.3 is 6.09 Å². The number of rotatable bonds is 1. The molecule has 76 valence electrons. The van der Waals surface area contributed by atoms with Crippen molar-refractivity contribution in [2.24, 2.45) is 0 Å². The highest BCUT2D eigenvalue weighted by molar-refractivity contribution is 5.67. The molecule has 1 fully saturated rings. The predicted molar refractivity (Wildman–Crippen MR) is 48.6 cm³/mol. The Morgan fingerprint density at radius 1 is 1.46 bits per heavy atom. The summed E-state index contributed by atoms with van der Waals surface area (Å²) in [5.74, 6) is 0. The fraction of sp³-hybridized carbons (Fsp3) is 0.889. The highest BCUT2D eigenvalue weighted by Gasteiger charge is 2.27. The van der Waals surface area contributed by atoms with Gasteiger partial charge in [-0.05, 0) is 26.7 Å². The third-order valence-electron chi connectivity index (χ3n) is 2.39. The fourth-order valence-electron chi connectivity index (χ4n) is 1.58. The first-order valence-corrected chi connectivity index (χ1v) is 4.63. The summed E-state index contributed by atoms with van der Waals surface area (Å²) in [5.41, 5.74) is 0. The summed E-state index contributed by atoms with van der Waals surface area (Å²) in [4.78, 5) is 10.9. The Labute approximate surface area is 78.6 Å². The van der Waals surface area contributed by atoms with E-state index in [1.165, 1.54) is 7.11 Å². The number of ether oxygens (including phenoxy) is 2. The largest absolute Gasteiger partial charge is 0.453 e. The van der Waals surface area contributed by atoms with Crippen LogP contribution in [0.1, 0.15) is 26.7 Å². The molecule has 1 aliphatic heterocycles. The van der Waals surface area contributed by atoms with Gasteiger partial charge in [0.05, 0.1) is 25.4 Å². The molecule has 1 heterocycles. The van der Waals surface area contributed by atoms with Crippen LogP contribution in [0.5, 0.6) is 0 Å². The molecule has 1 rings (SSSR count). The van der Waals surface area contributed by atoms with E-state index in [0.29, 0.717) is 6.10 Å². The molecular weight excluding hydrogens is 170 g/mol. The van der Waals surface area contributed by atoms with Gasteiger partial charge in [0.1, 0.15) is 0 Å². The van der Waals surface area contributed by atoms with Crippen LogP contribution in [0.25, 0.3) is 0 Å². The Morgan fingerprint density at radius 3 is 2.69 bits per heavy atom. The van der Waals surface area contributed by atoms with Crippen LogP contribution in [0.15, 0.2) is 0 Å². The van der Waals surface area contributed by atoms with Gasteiger partial charge in [0, 0.05) is 0 Å². The molecule has 13 heavy (non-hydrogen) atoms. The molecule has 4 heteroatoms. The Hall–Kier alpha value is -0.770. The van der Waals surface area contributed by atoms with E-state index < -0.39 is 0 Å². The third kappa shape index (κ3) is 2.88. The Morgan fingerprint density at radius 2 is 2.15 bits per heavy atom. The minimum atomic E-state index is -0.380. The van der Waals surface area contributed by atoms with Crippen molar-refractivity contribution >= 4 is 6.09 Å². The lowest BCUT2D eigenvalue weighted by Gasteiger charge is -2.33. The van der Waals surface area contributed by atoms with E-state index in [1.807, 2.05) is 13.8 Å². The van der Waals surface area contributed by atoms with E-state index in [4.69, 9.17) is 4.74 Å². The van der Waals surface area contributed by atoms with Gasteiger partial charge in [-0.25, -0.2) is 4.79 Å². The number of methoxy groups -OCH3 is 1. The van der Waals surface area contributed by atoms with E-state index in [0.717, 1.165) is 12.8 Å². The topological polar surface area (TPSA) is 47.6 Å². The SMILES string of the molecule is COC(=O)NC1CCC(C)OC1C. The van der Waals surface area contributed by atoms with Gasteiger partial charge in [-0.2, -0.15) is 0 Å². The van der Waals surface area contributed by atoms with Crippen molar-refractivity contribution in [1.82, 2.24) is 5.32 Å². The summed E-state index contributed by atoms with van der Waals surface area (Å²) < 4.78 is 10.1. The molecular formula is C9H17NO3. The maximum absolute atomic E-state index is 10.9. The molecule has 3 unspecified atom stereocenters. The van der Waals surface area contributed by atoms with E-state index >= 15 is 0 Å².